The van der Waals surface area contributed by atoms with Gasteiger partial charge < -0.3 is 9.73 Å². The van der Waals surface area contributed by atoms with Gasteiger partial charge in [-0.2, -0.15) is 0 Å². The van der Waals surface area contributed by atoms with Crippen LogP contribution in [0.2, 0.25) is 0 Å². The van der Waals surface area contributed by atoms with Gasteiger partial charge in [0.05, 0.1) is 16.8 Å². The van der Waals surface area contributed by atoms with Crippen LogP contribution in [0.5, 0.6) is 0 Å². The molecule has 2 heterocycles. The Bertz CT molecular complexity index is 1310. The Hall–Kier alpha value is -3.43. The first-order chi connectivity index (χ1) is 14.9. The highest BCUT2D eigenvalue weighted by atomic mass is 32.2. The molecule has 0 aliphatic carbocycles. The van der Waals surface area contributed by atoms with E-state index in [1.165, 1.54) is 34.8 Å². The average Bonchev–Trinajstić information content (AvgIpc) is 3.44. The third-order valence-electron chi connectivity index (χ3n) is 4.61. The maximum atomic E-state index is 13.0. The molecule has 1 N–H and O–H groups in total. The van der Waals surface area contributed by atoms with E-state index < -0.39 is 15.9 Å². The van der Waals surface area contributed by atoms with Gasteiger partial charge in [0.15, 0.2) is 10.8 Å². The first-order valence-electron chi connectivity index (χ1n) is 9.33. The number of rotatable bonds is 6. The Labute approximate surface area is 184 Å². The van der Waals surface area contributed by atoms with Gasteiger partial charge in [-0.15, -0.1) is 11.3 Å². The van der Waals surface area contributed by atoms with Crippen molar-refractivity contribution in [2.24, 2.45) is 0 Å². The van der Waals surface area contributed by atoms with Crippen molar-refractivity contribution in [3.63, 3.8) is 0 Å². The Morgan fingerprint density at radius 1 is 1.06 bits per heavy atom. The van der Waals surface area contributed by atoms with Crippen LogP contribution in [0.15, 0.2) is 82.3 Å². The van der Waals surface area contributed by atoms with Crippen molar-refractivity contribution in [1.29, 1.82) is 0 Å². The van der Waals surface area contributed by atoms with E-state index in [2.05, 4.69) is 10.3 Å². The summed E-state index contributed by atoms with van der Waals surface area (Å²) < 4.78 is 32.6. The number of nitrogens with one attached hydrogen (secondary N) is 1. The summed E-state index contributed by atoms with van der Waals surface area (Å²) in [7, 11) is -2.30. The number of thiazole rings is 1. The van der Waals surface area contributed by atoms with Crippen LogP contribution in [-0.2, 0) is 10.0 Å². The molecule has 0 bridgehead atoms. The van der Waals surface area contributed by atoms with Gasteiger partial charge in [0.2, 0.25) is 0 Å². The molecule has 0 saturated carbocycles. The Balaban J connectivity index is 1.57. The van der Waals surface area contributed by atoms with Crippen molar-refractivity contribution in [1.82, 2.24) is 4.98 Å². The molecule has 2 aromatic heterocycles. The van der Waals surface area contributed by atoms with E-state index in [1.54, 1.807) is 61.7 Å². The van der Waals surface area contributed by atoms with Crippen LogP contribution in [0.25, 0.3) is 10.8 Å². The zero-order valence-electron chi connectivity index (χ0n) is 16.8. The number of hydrogen-bond donors (Lipinski definition) is 1. The second-order valence-electron chi connectivity index (χ2n) is 6.69. The van der Waals surface area contributed by atoms with Crippen LogP contribution >= 0.6 is 11.3 Å². The first-order valence-corrected chi connectivity index (χ1v) is 11.6. The van der Waals surface area contributed by atoms with E-state index in [9.17, 15) is 13.2 Å². The molecule has 0 fully saturated rings. The predicted molar refractivity (Wildman–Crippen MR) is 121 cm³/mol. The molecular weight excluding hydrogens is 434 g/mol. The molecule has 0 aliphatic rings. The van der Waals surface area contributed by atoms with Crippen LogP contribution < -0.4 is 9.62 Å². The number of sulfonamides is 1. The lowest BCUT2D eigenvalue weighted by molar-refractivity contribution is 0.102. The molecule has 0 radical (unpaired) electrons. The zero-order chi connectivity index (χ0) is 22.0. The van der Waals surface area contributed by atoms with Gasteiger partial charge in [-0.3, -0.25) is 9.10 Å². The Morgan fingerprint density at radius 3 is 2.55 bits per heavy atom. The average molecular weight is 454 g/mol. The number of furan rings is 1. The molecule has 4 rings (SSSR count). The highest BCUT2D eigenvalue weighted by Crippen LogP contribution is 2.29. The van der Waals surface area contributed by atoms with E-state index in [4.69, 9.17) is 4.42 Å². The predicted octanol–water partition coefficient (Wildman–Crippen LogP) is 4.79. The van der Waals surface area contributed by atoms with Crippen LogP contribution in [-0.4, -0.2) is 26.4 Å². The van der Waals surface area contributed by atoms with Crippen molar-refractivity contribution >= 4 is 38.6 Å². The molecule has 0 spiro atoms. The first kappa shape index (κ1) is 20.8. The summed E-state index contributed by atoms with van der Waals surface area (Å²) in [4.78, 5) is 18.0. The molecule has 7 nitrogen and oxygen atoms in total. The van der Waals surface area contributed by atoms with Gasteiger partial charge in [-0.05, 0) is 49.4 Å². The number of anilines is 2. The summed E-state index contributed by atoms with van der Waals surface area (Å²) in [5.74, 6) is 0.168. The fraction of sp³-hybridized carbons (Fsp3) is 0.0909. The summed E-state index contributed by atoms with van der Waals surface area (Å²) in [5, 5.41) is 3.35. The molecular formula is C22H19N3O4S2. The second-order valence-corrected chi connectivity index (χ2v) is 9.86. The summed E-state index contributed by atoms with van der Waals surface area (Å²) in [5.41, 5.74) is 1.17. The van der Waals surface area contributed by atoms with Gasteiger partial charge in [0.1, 0.15) is 5.69 Å². The van der Waals surface area contributed by atoms with E-state index >= 15 is 0 Å². The largest absolute Gasteiger partial charge is 0.462 e. The number of hydrogen-bond acceptors (Lipinski definition) is 6. The number of amides is 1. The van der Waals surface area contributed by atoms with Crippen molar-refractivity contribution in [3.05, 3.63) is 83.6 Å². The lowest BCUT2D eigenvalue weighted by atomic mass is 10.3. The van der Waals surface area contributed by atoms with Gasteiger partial charge in [-0.25, -0.2) is 13.4 Å². The highest BCUT2D eigenvalue weighted by molar-refractivity contribution is 7.92. The lowest BCUT2D eigenvalue weighted by Crippen LogP contribution is -2.26. The molecule has 158 valence electrons. The molecule has 1 amide bonds. The summed E-state index contributed by atoms with van der Waals surface area (Å²) in [6.45, 7) is 1.80. The molecule has 2 aromatic carbocycles. The molecule has 4 aromatic rings. The lowest BCUT2D eigenvalue weighted by Gasteiger charge is -2.19. The van der Waals surface area contributed by atoms with Crippen LogP contribution in [0.4, 0.5) is 11.4 Å². The summed E-state index contributed by atoms with van der Waals surface area (Å²) in [6, 6.07) is 18.5. The number of para-hydroxylation sites is 1. The van der Waals surface area contributed by atoms with Crippen molar-refractivity contribution in [2.45, 2.75) is 11.8 Å². The van der Waals surface area contributed by atoms with Crippen molar-refractivity contribution in [2.75, 3.05) is 16.7 Å². The molecule has 31 heavy (non-hydrogen) atoms. The van der Waals surface area contributed by atoms with Crippen molar-refractivity contribution in [3.8, 4) is 10.8 Å². The van der Waals surface area contributed by atoms with Gasteiger partial charge in [0.25, 0.3) is 15.9 Å². The number of aryl methyl sites for hydroxylation is 1. The van der Waals surface area contributed by atoms with Gasteiger partial charge in [0, 0.05) is 17.6 Å². The molecule has 0 unspecified atom stereocenters. The minimum Gasteiger partial charge on any atom is -0.462 e. The molecule has 0 saturated heterocycles. The maximum absolute atomic E-state index is 13.0. The summed E-state index contributed by atoms with van der Waals surface area (Å²) >= 11 is 1.35. The van der Waals surface area contributed by atoms with Gasteiger partial charge >= 0.3 is 0 Å². The quantitative estimate of drug-likeness (QED) is 0.453. The van der Waals surface area contributed by atoms with Crippen LogP contribution in [0, 0.1) is 6.92 Å². The number of aromatic nitrogens is 1. The minimum absolute atomic E-state index is 0.0722. The Morgan fingerprint density at radius 2 is 1.84 bits per heavy atom. The SMILES string of the molecule is Cc1sc(-c2ccco2)nc1C(=O)Nc1cccc(S(=O)(=O)N(C)c2ccccc2)c1. The second kappa shape index (κ2) is 8.37. The zero-order valence-corrected chi connectivity index (χ0v) is 18.4. The minimum atomic E-state index is -3.79. The molecule has 0 aliphatic heterocycles. The van der Waals surface area contributed by atoms with Crippen molar-refractivity contribution < 1.29 is 17.6 Å². The normalized spacial score (nSPS) is 11.3. The van der Waals surface area contributed by atoms with Crippen LogP contribution in [0.3, 0.4) is 0 Å². The fourth-order valence-electron chi connectivity index (χ4n) is 2.97. The monoisotopic (exact) mass is 453 g/mol. The number of carbonyl (C=O) groups excluding carboxylic acids is 1. The van der Waals surface area contributed by atoms with E-state index in [0.29, 0.717) is 22.1 Å². The Kier molecular flexibility index (Phi) is 5.62. The van der Waals surface area contributed by atoms with Crippen LogP contribution in [0.1, 0.15) is 15.4 Å². The fourth-order valence-corrected chi connectivity index (χ4v) is 5.09. The third-order valence-corrected chi connectivity index (χ3v) is 7.38. The topological polar surface area (TPSA) is 92.5 Å². The molecule has 9 heteroatoms. The van der Waals surface area contributed by atoms with E-state index in [-0.39, 0.29) is 10.6 Å². The number of nitrogens with zero attached hydrogens (tertiary/aromatic N) is 2. The highest BCUT2D eigenvalue weighted by Gasteiger charge is 2.22. The van der Waals surface area contributed by atoms with Gasteiger partial charge in [-0.1, -0.05) is 24.3 Å². The summed E-state index contributed by atoms with van der Waals surface area (Å²) in [6.07, 6.45) is 1.55. The maximum Gasteiger partial charge on any atom is 0.275 e. The van der Waals surface area contributed by atoms with E-state index in [0.717, 1.165) is 4.88 Å². The van der Waals surface area contributed by atoms with E-state index in [1.807, 2.05) is 6.07 Å². The smallest absolute Gasteiger partial charge is 0.275 e. The molecule has 0 atom stereocenters. The number of benzene rings is 2. The standard InChI is InChI=1S/C22H19N3O4S2/c1-15-20(24-22(30-15)19-12-7-13-29-19)21(26)23-16-8-6-11-18(14-16)31(27,28)25(2)17-9-4-3-5-10-17/h3-14H,1-2H3,(H,23,26). The third kappa shape index (κ3) is 4.23. The number of carbonyl (C=O) groups is 1.